The molecular formula is C18H17FN4O. The Morgan fingerprint density at radius 2 is 1.71 bits per heavy atom. The fourth-order valence-electron chi connectivity index (χ4n) is 2.67. The lowest BCUT2D eigenvalue weighted by Crippen LogP contribution is -2.50. The normalized spacial score (nSPS) is 14.2. The third-order valence-corrected chi connectivity index (χ3v) is 4.04. The molecule has 5 nitrogen and oxygen atoms in total. The van der Waals surface area contributed by atoms with Gasteiger partial charge in [-0.3, -0.25) is 0 Å². The van der Waals surface area contributed by atoms with Gasteiger partial charge in [-0.05, 0) is 36.4 Å². The van der Waals surface area contributed by atoms with Gasteiger partial charge >= 0.3 is 6.03 Å². The summed E-state index contributed by atoms with van der Waals surface area (Å²) in [5.41, 5.74) is 1.85. The van der Waals surface area contributed by atoms with Crippen LogP contribution in [0.4, 0.5) is 20.6 Å². The second kappa shape index (κ2) is 7.01. The van der Waals surface area contributed by atoms with Gasteiger partial charge in [-0.15, -0.1) is 0 Å². The average molecular weight is 324 g/mol. The number of piperazine rings is 1. The van der Waals surface area contributed by atoms with Crippen LogP contribution in [0.1, 0.15) is 5.56 Å². The number of nitrogens with one attached hydrogen (secondary N) is 1. The molecule has 1 aliphatic heterocycles. The standard InChI is InChI=1S/C18H17FN4O/c19-16-3-1-2-4-17(16)21-18(24)23-11-9-22(10-12-23)15-7-5-14(13-20)6-8-15/h1-8H,9-12H2,(H,21,24). The molecule has 3 rings (SSSR count). The monoisotopic (exact) mass is 324 g/mol. The number of benzene rings is 2. The lowest BCUT2D eigenvalue weighted by molar-refractivity contribution is 0.208. The highest BCUT2D eigenvalue weighted by atomic mass is 19.1. The summed E-state index contributed by atoms with van der Waals surface area (Å²) in [6.45, 7) is 2.49. The van der Waals surface area contributed by atoms with Crippen LogP contribution in [0.2, 0.25) is 0 Å². The Hall–Kier alpha value is -3.07. The molecular weight excluding hydrogens is 307 g/mol. The number of hydrogen-bond acceptors (Lipinski definition) is 3. The summed E-state index contributed by atoms with van der Waals surface area (Å²) in [6.07, 6.45) is 0. The molecule has 1 saturated heterocycles. The Morgan fingerprint density at radius 3 is 2.33 bits per heavy atom. The Kier molecular flexibility index (Phi) is 4.62. The number of anilines is 2. The highest BCUT2D eigenvalue weighted by Gasteiger charge is 2.21. The Labute approximate surface area is 139 Å². The van der Waals surface area contributed by atoms with Gasteiger partial charge in [-0.1, -0.05) is 12.1 Å². The molecule has 0 spiro atoms. The molecule has 24 heavy (non-hydrogen) atoms. The molecule has 0 aliphatic carbocycles. The third kappa shape index (κ3) is 3.46. The van der Waals surface area contributed by atoms with Gasteiger partial charge in [0.05, 0.1) is 17.3 Å². The quantitative estimate of drug-likeness (QED) is 0.923. The molecule has 122 valence electrons. The van der Waals surface area contributed by atoms with Crippen LogP contribution in [0.3, 0.4) is 0 Å². The van der Waals surface area contributed by atoms with Crippen molar-refractivity contribution in [3.05, 3.63) is 59.9 Å². The van der Waals surface area contributed by atoms with Crippen molar-refractivity contribution in [1.29, 1.82) is 5.26 Å². The Balaban J connectivity index is 1.57. The summed E-state index contributed by atoms with van der Waals surface area (Å²) in [5, 5.41) is 11.4. The minimum absolute atomic E-state index is 0.192. The zero-order valence-corrected chi connectivity index (χ0v) is 13.1. The molecule has 0 saturated carbocycles. The third-order valence-electron chi connectivity index (χ3n) is 4.04. The largest absolute Gasteiger partial charge is 0.368 e. The van der Waals surface area contributed by atoms with E-state index >= 15 is 0 Å². The zero-order valence-electron chi connectivity index (χ0n) is 13.1. The van der Waals surface area contributed by atoms with Crippen LogP contribution in [0.5, 0.6) is 0 Å². The first kappa shape index (κ1) is 15.8. The second-order valence-electron chi connectivity index (χ2n) is 5.54. The number of nitrogens with zero attached hydrogens (tertiary/aromatic N) is 3. The lowest BCUT2D eigenvalue weighted by Gasteiger charge is -2.36. The van der Waals surface area contributed by atoms with E-state index < -0.39 is 5.82 Å². The molecule has 1 N–H and O–H groups in total. The van der Waals surface area contributed by atoms with Gasteiger partial charge in [-0.2, -0.15) is 5.26 Å². The average Bonchev–Trinajstić information content (AvgIpc) is 2.64. The Bertz CT molecular complexity index is 761. The highest BCUT2D eigenvalue weighted by Crippen LogP contribution is 2.18. The maximum absolute atomic E-state index is 13.6. The fraction of sp³-hybridized carbons (Fsp3) is 0.222. The van der Waals surface area contributed by atoms with Gasteiger partial charge in [0.2, 0.25) is 0 Å². The fourth-order valence-corrected chi connectivity index (χ4v) is 2.67. The molecule has 2 amide bonds. The van der Waals surface area contributed by atoms with Crippen molar-refractivity contribution in [3.63, 3.8) is 0 Å². The van der Waals surface area contributed by atoms with Gasteiger partial charge in [-0.25, -0.2) is 9.18 Å². The van der Waals surface area contributed by atoms with E-state index in [1.807, 2.05) is 12.1 Å². The molecule has 0 unspecified atom stereocenters. The topological polar surface area (TPSA) is 59.4 Å². The molecule has 0 atom stereocenters. The number of carbonyl (C=O) groups excluding carboxylic acids is 1. The maximum Gasteiger partial charge on any atom is 0.322 e. The highest BCUT2D eigenvalue weighted by molar-refractivity contribution is 5.89. The van der Waals surface area contributed by atoms with E-state index in [2.05, 4.69) is 16.3 Å². The van der Waals surface area contributed by atoms with E-state index in [1.54, 1.807) is 35.2 Å². The van der Waals surface area contributed by atoms with Crippen molar-refractivity contribution in [3.8, 4) is 6.07 Å². The van der Waals surface area contributed by atoms with Crippen molar-refractivity contribution in [2.75, 3.05) is 36.4 Å². The SMILES string of the molecule is N#Cc1ccc(N2CCN(C(=O)Nc3ccccc3F)CC2)cc1. The van der Waals surface area contributed by atoms with E-state index in [1.165, 1.54) is 6.07 Å². The number of nitriles is 1. The van der Waals surface area contributed by atoms with E-state index in [0.29, 0.717) is 31.7 Å². The van der Waals surface area contributed by atoms with E-state index in [0.717, 1.165) is 5.69 Å². The Morgan fingerprint density at radius 1 is 1.04 bits per heavy atom. The number of halogens is 1. The molecule has 0 aromatic heterocycles. The second-order valence-corrected chi connectivity index (χ2v) is 5.54. The van der Waals surface area contributed by atoms with Crippen LogP contribution in [-0.2, 0) is 0 Å². The van der Waals surface area contributed by atoms with Crippen LogP contribution in [0.25, 0.3) is 0 Å². The molecule has 6 heteroatoms. The number of urea groups is 1. The molecule has 2 aromatic carbocycles. The minimum Gasteiger partial charge on any atom is -0.368 e. The first-order chi connectivity index (χ1) is 11.7. The summed E-state index contributed by atoms with van der Waals surface area (Å²) in [6, 6.07) is 15.3. The first-order valence-electron chi connectivity index (χ1n) is 7.73. The van der Waals surface area contributed by atoms with Gasteiger partial charge in [0, 0.05) is 31.9 Å². The summed E-state index contributed by atoms with van der Waals surface area (Å²) in [7, 11) is 0. The summed E-state index contributed by atoms with van der Waals surface area (Å²) in [4.78, 5) is 16.1. The van der Waals surface area contributed by atoms with Gasteiger partial charge in [0.15, 0.2) is 0 Å². The van der Waals surface area contributed by atoms with Crippen molar-refractivity contribution in [2.24, 2.45) is 0 Å². The van der Waals surface area contributed by atoms with Crippen molar-refractivity contribution in [2.45, 2.75) is 0 Å². The van der Waals surface area contributed by atoms with E-state index in [-0.39, 0.29) is 11.7 Å². The molecule has 0 radical (unpaired) electrons. The van der Waals surface area contributed by atoms with E-state index in [4.69, 9.17) is 5.26 Å². The first-order valence-corrected chi connectivity index (χ1v) is 7.73. The predicted octanol–water partition coefficient (Wildman–Crippen LogP) is 3.05. The molecule has 0 bridgehead atoms. The molecule has 2 aromatic rings. The van der Waals surface area contributed by atoms with Crippen LogP contribution in [-0.4, -0.2) is 37.1 Å². The summed E-state index contributed by atoms with van der Waals surface area (Å²) >= 11 is 0. The smallest absolute Gasteiger partial charge is 0.322 e. The number of hydrogen-bond donors (Lipinski definition) is 1. The van der Waals surface area contributed by atoms with Crippen LogP contribution in [0.15, 0.2) is 48.5 Å². The number of rotatable bonds is 2. The van der Waals surface area contributed by atoms with Gasteiger partial charge in [0.1, 0.15) is 5.82 Å². The van der Waals surface area contributed by atoms with Crippen LogP contribution < -0.4 is 10.2 Å². The summed E-state index contributed by atoms with van der Waals surface area (Å²) in [5.74, 6) is -0.443. The number of carbonyl (C=O) groups is 1. The lowest BCUT2D eigenvalue weighted by atomic mass is 10.2. The van der Waals surface area contributed by atoms with Crippen LogP contribution >= 0.6 is 0 Å². The van der Waals surface area contributed by atoms with Gasteiger partial charge in [0.25, 0.3) is 0 Å². The molecule has 1 heterocycles. The molecule has 1 aliphatic rings. The molecule has 1 fully saturated rings. The summed E-state index contributed by atoms with van der Waals surface area (Å²) < 4.78 is 13.6. The van der Waals surface area contributed by atoms with E-state index in [9.17, 15) is 9.18 Å². The van der Waals surface area contributed by atoms with Gasteiger partial charge < -0.3 is 15.1 Å². The number of para-hydroxylation sites is 1. The van der Waals surface area contributed by atoms with Crippen molar-refractivity contribution >= 4 is 17.4 Å². The van der Waals surface area contributed by atoms with Crippen molar-refractivity contribution < 1.29 is 9.18 Å². The van der Waals surface area contributed by atoms with Crippen LogP contribution in [0, 0.1) is 17.1 Å². The maximum atomic E-state index is 13.6. The minimum atomic E-state index is -0.443. The number of amides is 2. The zero-order chi connectivity index (χ0) is 16.9. The predicted molar refractivity (Wildman–Crippen MR) is 90.4 cm³/mol. The van der Waals surface area contributed by atoms with Crippen molar-refractivity contribution in [1.82, 2.24) is 4.90 Å².